The highest BCUT2D eigenvalue weighted by atomic mass is 16.5. The van der Waals surface area contributed by atoms with Crippen LogP contribution in [0.4, 0.5) is 0 Å². The lowest BCUT2D eigenvalue weighted by Crippen LogP contribution is -2.02. The van der Waals surface area contributed by atoms with Gasteiger partial charge < -0.3 is 4.74 Å². The molecule has 0 unspecified atom stereocenters. The first-order chi connectivity index (χ1) is 6.74. The van der Waals surface area contributed by atoms with Gasteiger partial charge in [0.15, 0.2) is 5.78 Å². The summed E-state index contributed by atoms with van der Waals surface area (Å²) in [6.45, 7) is 3.92. The lowest BCUT2D eigenvalue weighted by molar-refractivity contribution is 0.0985. The molecule has 1 rings (SSSR count). The van der Waals surface area contributed by atoms with Crippen molar-refractivity contribution in [3.05, 3.63) is 29.3 Å². The summed E-state index contributed by atoms with van der Waals surface area (Å²) in [5, 5.41) is 0. The van der Waals surface area contributed by atoms with E-state index in [2.05, 4.69) is 6.92 Å². The molecule has 0 saturated carbocycles. The lowest BCUT2D eigenvalue weighted by Gasteiger charge is -2.10. The number of ketones is 1. The van der Waals surface area contributed by atoms with Crippen molar-refractivity contribution in [2.24, 2.45) is 0 Å². The number of benzene rings is 1. The van der Waals surface area contributed by atoms with E-state index < -0.39 is 0 Å². The van der Waals surface area contributed by atoms with Gasteiger partial charge in [-0.15, -0.1) is 0 Å². The molecule has 0 fully saturated rings. The van der Waals surface area contributed by atoms with Crippen molar-refractivity contribution in [1.29, 1.82) is 0 Å². The number of Topliss-reactive ketones (excluding diaryl/α,β-unsaturated/α-hetero) is 1. The number of ether oxygens (including phenoxy) is 1. The Hall–Kier alpha value is -1.31. The van der Waals surface area contributed by atoms with Crippen LogP contribution < -0.4 is 4.74 Å². The maximum absolute atomic E-state index is 11.6. The molecule has 76 valence electrons. The van der Waals surface area contributed by atoms with Crippen molar-refractivity contribution in [3.8, 4) is 5.75 Å². The number of methoxy groups -OCH3 is 1. The van der Waals surface area contributed by atoms with E-state index in [-0.39, 0.29) is 5.78 Å². The monoisotopic (exact) mass is 192 g/mol. The van der Waals surface area contributed by atoms with Crippen molar-refractivity contribution in [3.63, 3.8) is 0 Å². The summed E-state index contributed by atoms with van der Waals surface area (Å²) in [4.78, 5) is 11.6. The van der Waals surface area contributed by atoms with Crippen molar-refractivity contribution < 1.29 is 9.53 Å². The van der Waals surface area contributed by atoms with Crippen LogP contribution in [0.1, 0.15) is 36.2 Å². The van der Waals surface area contributed by atoms with Crippen LogP contribution in [0.25, 0.3) is 0 Å². The fourth-order valence-electron chi connectivity index (χ4n) is 1.51. The number of para-hydroxylation sites is 1. The Bertz CT molecular complexity index is 329. The Balaban J connectivity index is 3.21. The molecular weight excluding hydrogens is 176 g/mol. The van der Waals surface area contributed by atoms with Crippen molar-refractivity contribution in [1.82, 2.24) is 0 Å². The molecule has 0 bridgehead atoms. The SMILES string of the molecule is CCC(=O)c1cccc(CC)c1OC. The van der Waals surface area contributed by atoms with E-state index in [0.29, 0.717) is 12.0 Å². The maximum atomic E-state index is 11.6. The minimum absolute atomic E-state index is 0.136. The van der Waals surface area contributed by atoms with E-state index >= 15 is 0 Å². The topological polar surface area (TPSA) is 26.3 Å². The second-order valence-electron chi connectivity index (χ2n) is 3.13. The molecule has 0 amide bonds. The molecule has 0 atom stereocenters. The second-order valence-corrected chi connectivity index (χ2v) is 3.13. The molecule has 0 aliphatic heterocycles. The molecule has 1 aromatic carbocycles. The highest BCUT2D eigenvalue weighted by molar-refractivity contribution is 5.98. The standard InChI is InChI=1S/C12H16O2/c1-4-9-7-6-8-10(11(13)5-2)12(9)14-3/h6-8H,4-5H2,1-3H3. The highest BCUT2D eigenvalue weighted by Crippen LogP contribution is 2.25. The van der Waals surface area contributed by atoms with Gasteiger partial charge in [-0.1, -0.05) is 26.0 Å². The third-order valence-corrected chi connectivity index (χ3v) is 2.30. The molecule has 0 aromatic heterocycles. The van der Waals surface area contributed by atoms with Crippen LogP contribution in [0, 0.1) is 0 Å². The highest BCUT2D eigenvalue weighted by Gasteiger charge is 2.12. The van der Waals surface area contributed by atoms with E-state index in [4.69, 9.17) is 4.74 Å². The third-order valence-electron chi connectivity index (χ3n) is 2.30. The van der Waals surface area contributed by atoms with Gasteiger partial charge in [-0.05, 0) is 18.1 Å². The molecule has 0 N–H and O–H groups in total. The molecule has 0 saturated heterocycles. The van der Waals surface area contributed by atoms with E-state index in [1.165, 1.54) is 0 Å². The molecule has 14 heavy (non-hydrogen) atoms. The van der Waals surface area contributed by atoms with Gasteiger partial charge in [0, 0.05) is 6.42 Å². The number of hydrogen-bond acceptors (Lipinski definition) is 2. The predicted octanol–water partition coefficient (Wildman–Crippen LogP) is 2.85. The van der Waals surface area contributed by atoms with E-state index in [1.807, 2.05) is 25.1 Å². The summed E-state index contributed by atoms with van der Waals surface area (Å²) in [6.07, 6.45) is 1.40. The summed E-state index contributed by atoms with van der Waals surface area (Å²) in [5.74, 6) is 0.874. The second kappa shape index (κ2) is 4.80. The van der Waals surface area contributed by atoms with Gasteiger partial charge in [0.25, 0.3) is 0 Å². The van der Waals surface area contributed by atoms with Gasteiger partial charge in [0.05, 0.1) is 12.7 Å². The predicted molar refractivity (Wildman–Crippen MR) is 57.0 cm³/mol. The van der Waals surface area contributed by atoms with Crippen molar-refractivity contribution in [2.45, 2.75) is 26.7 Å². The molecule has 2 heteroatoms. The van der Waals surface area contributed by atoms with Gasteiger partial charge in [-0.2, -0.15) is 0 Å². The van der Waals surface area contributed by atoms with Crippen LogP contribution >= 0.6 is 0 Å². The molecule has 1 aromatic rings. The summed E-state index contributed by atoms with van der Waals surface area (Å²) < 4.78 is 5.27. The van der Waals surface area contributed by atoms with E-state index in [9.17, 15) is 4.79 Å². The summed E-state index contributed by atoms with van der Waals surface area (Å²) in [5.41, 5.74) is 1.79. The maximum Gasteiger partial charge on any atom is 0.166 e. The van der Waals surface area contributed by atoms with E-state index in [1.54, 1.807) is 7.11 Å². The van der Waals surface area contributed by atoms with Gasteiger partial charge in [0.2, 0.25) is 0 Å². The zero-order valence-corrected chi connectivity index (χ0v) is 8.96. The molecule has 0 spiro atoms. The van der Waals surface area contributed by atoms with Crippen LogP contribution in [-0.4, -0.2) is 12.9 Å². The number of aryl methyl sites for hydroxylation is 1. The lowest BCUT2D eigenvalue weighted by atomic mass is 10.0. The third kappa shape index (κ3) is 1.95. The Labute approximate surface area is 84.9 Å². The smallest absolute Gasteiger partial charge is 0.166 e. The first-order valence-corrected chi connectivity index (χ1v) is 4.93. The van der Waals surface area contributed by atoms with Crippen LogP contribution in [-0.2, 0) is 6.42 Å². The molecule has 0 aliphatic rings. The number of rotatable bonds is 4. The number of hydrogen-bond donors (Lipinski definition) is 0. The summed E-state index contributed by atoms with van der Waals surface area (Å²) >= 11 is 0. The minimum atomic E-state index is 0.136. The number of carbonyl (C=O) groups is 1. The van der Waals surface area contributed by atoms with Gasteiger partial charge in [0.1, 0.15) is 5.75 Å². The first kappa shape index (κ1) is 10.8. The first-order valence-electron chi connectivity index (χ1n) is 4.93. The summed E-state index contributed by atoms with van der Waals surface area (Å²) in [6, 6.07) is 5.72. The fourth-order valence-corrected chi connectivity index (χ4v) is 1.51. The van der Waals surface area contributed by atoms with Crippen LogP contribution in [0.2, 0.25) is 0 Å². The molecule has 0 heterocycles. The average Bonchev–Trinajstić information content (AvgIpc) is 2.26. The van der Waals surface area contributed by atoms with Crippen LogP contribution in [0.15, 0.2) is 18.2 Å². The zero-order valence-electron chi connectivity index (χ0n) is 8.96. The van der Waals surface area contributed by atoms with Gasteiger partial charge in [-0.3, -0.25) is 4.79 Å². The Morgan fingerprint density at radius 2 is 2.07 bits per heavy atom. The average molecular weight is 192 g/mol. The fraction of sp³-hybridized carbons (Fsp3) is 0.417. The normalized spacial score (nSPS) is 9.93. The van der Waals surface area contributed by atoms with Crippen molar-refractivity contribution in [2.75, 3.05) is 7.11 Å². The van der Waals surface area contributed by atoms with Crippen LogP contribution in [0.5, 0.6) is 5.75 Å². The van der Waals surface area contributed by atoms with Crippen LogP contribution in [0.3, 0.4) is 0 Å². The minimum Gasteiger partial charge on any atom is -0.496 e. The summed E-state index contributed by atoms with van der Waals surface area (Å²) in [7, 11) is 1.61. The Kier molecular flexibility index (Phi) is 3.69. The largest absolute Gasteiger partial charge is 0.496 e. The van der Waals surface area contributed by atoms with Crippen molar-refractivity contribution >= 4 is 5.78 Å². The van der Waals surface area contributed by atoms with E-state index in [0.717, 1.165) is 17.7 Å². The quantitative estimate of drug-likeness (QED) is 0.686. The van der Waals surface area contributed by atoms with Gasteiger partial charge in [-0.25, -0.2) is 0 Å². The Morgan fingerprint density at radius 3 is 2.57 bits per heavy atom. The molecular formula is C12H16O2. The van der Waals surface area contributed by atoms with Gasteiger partial charge >= 0.3 is 0 Å². The Morgan fingerprint density at radius 1 is 1.36 bits per heavy atom. The molecule has 0 radical (unpaired) electrons. The number of carbonyl (C=O) groups excluding carboxylic acids is 1. The molecule has 2 nitrogen and oxygen atoms in total. The zero-order chi connectivity index (χ0) is 10.6. The molecule has 0 aliphatic carbocycles.